The topological polar surface area (TPSA) is 66.8 Å². The van der Waals surface area contributed by atoms with Crippen molar-refractivity contribution in [2.45, 2.75) is 45.1 Å². The Morgan fingerprint density at radius 1 is 1.39 bits per heavy atom. The van der Waals surface area contributed by atoms with Crippen molar-refractivity contribution < 1.29 is 19.4 Å². The summed E-state index contributed by atoms with van der Waals surface area (Å²) in [5.74, 6) is -1.16. The van der Waals surface area contributed by atoms with Gasteiger partial charge in [-0.2, -0.15) is 0 Å². The number of aliphatic carboxylic acids is 1. The second-order valence-corrected chi connectivity index (χ2v) is 5.21. The van der Waals surface area contributed by atoms with Crippen LogP contribution in [0, 0.1) is 5.41 Å². The Kier molecular flexibility index (Phi) is 3.90. The zero-order chi connectivity index (χ0) is 13.2. The molecule has 1 saturated carbocycles. The van der Waals surface area contributed by atoms with Gasteiger partial charge in [-0.25, -0.2) is 0 Å². The van der Waals surface area contributed by atoms with Crippen LogP contribution in [0.1, 0.15) is 39.0 Å². The van der Waals surface area contributed by atoms with E-state index in [-0.39, 0.29) is 12.0 Å². The monoisotopic (exact) mass is 255 g/mol. The molecule has 5 heteroatoms. The zero-order valence-electron chi connectivity index (χ0n) is 10.9. The number of nitrogens with zero attached hydrogens (tertiary/aromatic N) is 1. The lowest BCUT2D eigenvalue weighted by atomic mass is 9.67. The van der Waals surface area contributed by atoms with Gasteiger partial charge in [0.05, 0.1) is 6.10 Å². The van der Waals surface area contributed by atoms with Crippen LogP contribution in [0.4, 0.5) is 0 Å². The van der Waals surface area contributed by atoms with Crippen LogP contribution in [0.25, 0.3) is 0 Å². The molecule has 0 spiro atoms. The first-order chi connectivity index (χ1) is 8.60. The van der Waals surface area contributed by atoms with Crippen LogP contribution in [-0.4, -0.2) is 47.7 Å². The van der Waals surface area contributed by atoms with E-state index in [0.29, 0.717) is 32.5 Å². The van der Waals surface area contributed by atoms with Crippen molar-refractivity contribution in [3.63, 3.8) is 0 Å². The maximum atomic E-state index is 12.4. The van der Waals surface area contributed by atoms with Crippen molar-refractivity contribution in [2.24, 2.45) is 5.41 Å². The molecule has 1 aliphatic heterocycles. The number of hydrogen-bond acceptors (Lipinski definition) is 3. The third kappa shape index (κ3) is 2.23. The standard InChI is InChI=1S/C13H21NO4/c1-2-18-10-5-3-8-14(9-10)11(15)13(12(16)17)6-4-7-13/h10H,2-9H2,1H3,(H,16,17). The van der Waals surface area contributed by atoms with E-state index < -0.39 is 11.4 Å². The molecule has 0 aromatic carbocycles. The van der Waals surface area contributed by atoms with E-state index in [1.165, 1.54) is 0 Å². The van der Waals surface area contributed by atoms with Crippen LogP contribution in [0.15, 0.2) is 0 Å². The molecular formula is C13H21NO4. The zero-order valence-corrected chi connectivity index (χ0v) is 10.9. The summed E-state index contributed by atoms with van der Waals surface area (Å²) in [5, 5.41) is 9.28. The summed E-state index contributed by atoms with van der Waals surface area (Å²) in [6.45, 7) is 3.78. The molecule has 0 radical (unpaired) electrons. The summed E-state index contributed by atoms with van der Waals surface area (Å²) in [5.41, 5.74) is -1.13. The van der Waals surface area contributed by atoms with Gasteiger partial charge in [-0.05, 0) is 32.6 Å². The van der Waals surface area contributed by atoms with Gasteiger partial charge in [-0.1, -0.05) is 6.42 Å². The van der Waals surface area contributed by atoms with Crippen molar-refractivity contribution in [1.82, 2.24) is 4.90 Å². The second-order valence-electron chi connectivity index (χ2n) is 5.21. The van der Waals surface area contributed by atoms with Gasteiger partial charge < -0.3 is 14.7 Å². The fourth-order valence-corrected chi connectivity index (χ4v) is 2.85. The minimum atomic E-state index is -1.13. The third-order valence-electron chi connectivity index (χ3n) is 4.09. The molecule has 18 heavy (non-hydrogen) atoms. The van der Waals surface area contributed by atoms with Crippen molar-refractivity contribution in [1.29, 1.82) is 0 Å². The molecule has 2 fully saturated rings. The van der Waals surface area contributed by atoms with E-state index >= 15 is 0 Å². The Labute approximate surface area is 107 Å². The van der Waals surface area contributed by atoms with E-state index in [4.69, 9.17) is 4.74 Å². The van der Waals surface area contributed by atoms with E-state index in [1.807, 2.05) is 6.92 Å². The van der Waals surface area contributed by atoms with Gasteiger partial charge in [0.2, 0.25) is 5.91 Å². The molecule has 0 aromatic rings. The minimum absolute atomic E-state index is 0.0682. The molecule has 0 aromatic heterocycles. The van der Waals surface area contributed by atoms with E-state index in [0.717, 1.165) is 19.3 Å². The first kappa shape index (κ1) is 13.3. The average molecular weight is 255 g/mol. The number of ether oxygens (including phenoxy) is 1. The third-order valence-corrected chi connectivity index (χ3v) is 4.09. The van der Waals surface area contributed by atoms with Crippen LogP contribution in [-0.2, 0) is 14.3 Å². The van der Waals surface area contributed by atoms with E-state index in [9.17, 15) is 14.7 Å². The molecule has 5 nitrogen and oxygen atoms in total. The number of carboxylic acids is 1. The molecule has 1 aliphatic carbocycles. The predicted octanol–water partition coefficient (Wildman–Crippen LogP) is 1.27. The highest BCUT2D eigenvalue weighted by molar-refractivity contribution is 6.02. The summed E-state index contributed by atoms with van der Waals surface area (Å²) >= 11 is 0. The van der Waals surface area contributed by atoms with E-state index in [1.54, 1.807) is 4.90 Å². The lowest BCUT2D eigenvalue weighted by molar-refractivity contribution is -0.169. The Bertz CT molecular complexity index is 336. The summed E-state index contributed by atoms with van der Waals surface area (Å²) in [6, 6.07) is 0. The highest BCUT2D eigenvalue weighted by Gasteiger charge is 2.53. The molecule has 0 bridgehead atoms. The Morgan fingerprint density at radius 2 is 2.11 bits per heavy atom. The Balaban J connectivity index is 2.02. The van der Waals surface area contributed by atoms with Crippen molar-refractivity contribution >= 4 is 11.9 Å². The molecule has 1 amide bonds. The van der Waals surface area contributed by atoms with Gasteiger partial charge in [0.15, 0.2) is 0 Å². The molecule has 1 heterocycles. The summed E-state index contributed by atoms with van der Waals surface area (Å²) in [7, 11) is 0. The number of carbonyl (C=O) groups is 2. The Morgan fingerprint density at radius 3 is 2.61 bits per heavy atom. The summed E-state index contributed by atoms with van der Waals surface area (Å²) < 4.78 is 5.55. The number of hydrogen-bond donors (Lipinski definition) is 1. The Hall–Kier alpha value is -1.10. The second kappa shape index (κ2) is 5.26. The average Bonchev–Trinajstić information content (AvgIpc) is 2.27. The molecule has 1 saturated heterocycles. The first-order valence-electron chi connectivity index (χ1n) is 6.74. The molecule has 2 rings (SSSR count). The number of carbonyl (C=O) groups excluding carboxylic acids is 1. The van der Waals surface area contributed by atoms with Crippen LogP contribution >= 0.6 is 0 Å². The van der Waals surface area contributed by atoms with Crippen molar-refractivity contribution in [3.8, 4) is 0 Å². The fourth-order valence-electron chi connectivity index (χ4n) is 2.85. The lowest BCUT2D eigenvalue weighted by Gasteiger charge is -2.42. The smallest absolute Gasteiger partial charge is 0.319 e. The largest absolute Gasteiger partial charge is 0.480 e. The highest BCUT2D eigenvalue weighted by atomic mass is 16.5. The maximum absolute atomic E-state index is 12.4. The summed E-state index contributed by atoms with van der Waals surface area (Å²) in [4.78, 5) is 25.4. The van der Waals surface area contributed by atoms with Crippen LogP contribution < -0.4 is 0 Å². The fraction of sp³-hybridized carbons (Fsp3) is 0.846. The van der Waals surface area contributed by atoms with Crippen molar-refractivity contribution in [2.75, 3.05) is 19.7 Å². The highest BCUT2D eigenvalue weighted by Crippen LogP contribution is 2.43. The van der Waals surface area contributed by atoms with Gasteiger partial charge in [-0.3, -0.25) is 9.59 Å². The number of carboxylic acid groups (broad SMARTS) is 1. The number of likely N-dealkylation sites (tertiary alicyclic amines) is 1. The van der Waals surface area contributed by atoms with Gasteiger partial charge in [0.25, 0.3) is 0 Å². The molecular weight excluding hydrogens is 234 g/mol. The molecule has 1 atom stereocenters. The normalized spacial score (nSPS) is 26.5. The van der Waals surface area contributed by atoms with Gasteiger partial charge in [0, 0.05) is 19.7 Å². The number of amides is 1. The van der Waals surface area contributed by atoms with Gasteiger partial charge >= 0.3 is 5.97 Å². The minimum Gasteiger partial charge on any atom is -0.480 e. The molecule has 1 unspecified atom stereocenters. The van der Waals surface area contributed by atoms with Gasteiger partial charge in [0.1, 0.15) is 5.41 Å². The lowest BCUT2D eigenvalue weighted by Crippen LogP contribution is -2.55. The van der Waals surface area contributed by atoms with Gasteiger partial charge in [-0.15, -0.1) is 0 Å². The summed E-state index contributed by atoms with van der Waals surface area (Å²) in [6.07, 6.45) is 3.72. The van der Waals surface area contributed by atoms with E-state index in [2.05, 4.69) is 0 Å². The van der Waals surface area contributed by atoms with Crippen molar-refractivity contribution in [3.05, 3.63) is 0 Å². The number of rotatable bonds is 4. The predicted molar refractivity (Wildman–Crippen MR) is 65.1 cm³/mol. The number of piperidine rings is 1. The van der Waals surface area contributed by atoms with Crippen LogP contribution in [0.2, 0.25) is 0 Å². The van der Waals surface area contributed by atoms with Crippen LogP contribution in [0.3, 0.4) is 0 Å². The van der Waals surface area contributed by atoms with Crippen LogP contribution in [0.5, 0.6) is 0 Å². The molecule has 102 valence electrons. The maximum Gasteiger partial charge on any atom is 0.319 e. The molecule has 1 N–H and O–H groups in total. The quantitative estimate of drug-likeness (QED) is 0.768. The molecule has 2 aliphatic rings. The first-order valence-corrected chi connectivity index (χ1v) is 6.74. The SMILES string of the molecule is CCOC1CCCN(C(=O)C2(C(=O)O)CCC2)C1.